The first-order valence-corrected chi connectivity index (χ1v) is 10.2. The number of benzene rings is 1. The maximum atomic E-state index is 14.0. The molecule has 0 unspecified atom stereocenters. The summed E-state index contributed by atoms with van der Waals surface area (Å²) in [6, 6.07) is 3.36. The summed E-state index contributed by atoms with van der Waals surface area (Å²) in [5.74, 6) is -1.53. The molecule has 1 aromatic carbocycles. The van der Waals surface area contributed by atoms with Gasteiger partial charge >= 0.3 is 0 Å². The number of hydrogen-bond acceptors (Lipinski definition) is 3. The van der Waals surface area contributed by atoms with Gasteiger partial charge in [0, 0.05) is 50.4 Å². The lowest BCUT2D eigenvalue weighted by Gasteiger charge is -2.44. The highest BCUT2D eigenvalue weighted by Gasteiger charge is 2.41. The number of likely N-dealkylation sites (tertiary alicyclic amines) is 1. The van der Waals surface area contributed by atoms with Crippen LogP contribution in [-0.4, -0.2) is 60.0 Å². The van der Waals surface area contributed by atoms with E-state index in [0.717, 1.165) is 37.8 Å². The van der Waals surface area contributed by atoms with E-state index in [1.807, 2.05) is 0 Å². The molecule has 0 bridgehead atoms. The number of nitrogens with zero attached hydrogens (tertiary/aromatic N) is 2. The molecule has 0 N–H and O–H groups in total. The third-order valence-electron chi connectivity index (χ3n) is 6.07. The summed E-state index contributed by atoms with van der Waals surface area (Å²) in [6.07, 6.45) is 5.03. The summed E-state index contributed by atoms with van der Waals surface area (Å²) >= 11 is 0. The number of ether oxygens (including phenoxy) is 1. The molecule has 2 aliphatic heterocycles. The van der Waals surface area contributed by atoms with Gasteiger partial charge in [-0.1, -0.05) is 0 Å². The first-order chi connectivity index (χ1) is 13.5. The molecule has 0 spiro atoms. The Labute approximate surface area is 163 Å². The van der Waals surface area contributed by atoms with E-state index < -0.39 is 17.5 Å². The van der Waals surface area contributed by atoms with E-state index in [0.29, 0.717) is 39.1 Å². The molecule has 28 heavy (non-hydrogen) atoms. The first-order valence-electron chi connectivity index (χ1n) is 10.2. The van der Waals surface area contributed by atoms with Crippen LogP contribution in [0.2, 0.25) is 0 Å². The van der Waals surface area contributed by atoms with E-state index >= 15 is 0 Å². The molecule has 0 atom stereocenters. The highest BCUT2D eigenvalue weighted by atomic mass is 19.1. The monoisotopic (exact) mass is 392 g/mol. The molecule has 0 radical (unpaired) electrons. The zero-order chi connectivity index (χ0) is 19.7. The number of amides is 2. The molecule has 2 heterocycles. The van der Waals surface area contributed by atoms with Crippen molar-refractivity contribution >= 4 is 11.8 Å². The molecule has 2 saturated heterocycles. The second kappa shape index (κ2) is 8.15. The van der Waals surface area contributed by atoms with Crippen molar-refractivity contribution in [2.75, 3.05) is 26.3 Å². The molecule has 0 aromatic heterocycles. The number of carbonyl (C=O) groups is 2. The normalized spacial score (nSPS) is 21.6. The van der Waals surface area contributed by atoms with Gasteiger partial charge in [-0.25, -0.2) is 8.78 Å². The predicted molar refractivity (Wildman–Crippen MR) is 98.7 cm³/mol. The molecular weight excluding hydrogens is 366 g/mol. The van der Waals surface area contributed by atoms with Gasteiger partial charge < -0.3 is 14.5 Å². The van der Waals surface area contributed by atoms with E-state index in [1.54, 1.807) is 4.90 Å². The Hall–Kier alpha value is -2.02. The summed E-state index contributed by atoms with van der Waals surface area (Å²) in [5.41, 5.74) is -0.102. The third kappa shape index (κ3) is 4.04. The fraction of sp³-hybridized carbons (Fsp3) is 0.619. The number of piperidine rings is 1. The van der Waals surface area contributed by atoms with E-state index in [-0.39, 0.29) is 29.5 Å². The van der Waals surface area contributed by atoms with Crippen molar-refractivity contribution in [1.29, 1.82) is 0 Å². The second-order valence-corrected chi connectivity index (χ2v) is 8.01. The van der Waals surface area contributed by atoms with Gasteiger partial charge in [-0.15, -0.1) is 0 Å². The van der Waals surface area contributed by atoms with E-state index in [4.69, 9.17) is 4.74 Å². The van der Waals surface area contributed by atoms with E-state index in [9.17, 15) is 18.4 Å². The van der Waals surface area contributed by atoms with Crippen LogP contribution in [0.3, 0.4) is 0 Å². The molecule has 1 aliphatic carbocycles. The van der Waals surface area contributed by atoms with Crippen LogP contribution in [0.1, 0.15) is 48.9 Å². The zero-order valence-corrected chi connectivity index (χ0v) is 15.9. The molecule has 1 saturated carbocycles. The van der Waals surface area contributed by atoms with Gasteiger partial charge in [-0.05, 0) is 50.7 Å². The van der Waals surface area contributed by atoms with Crippen LogP contribution in [0, 0.1) is 17.6 Å². The van der Waals surface area contributed by atoms with Crippen molar-refractivity contribution in [3.05, 3.63) is 35.4 Å². The van der Waals surface area contributed by atoms with Gasteiger partial charge in [-0.2, -0.15) is 0 Å². The number of halogens is 2. The van der Waals surface area contributed by atoms with Gasteiger partial charge in [0.15, 0.2) is 0 Å². The fourth-order valence-corrected chi connectivity index (χ4v) is 4.34. The third-order valence-corrected chi connectivity index (χ3v) is 6.07. The number of hydrogen-bond donors (Lipinski definition) is 0. The largest absolute Gasteiger partial charge is 0.381 e. The van der Waals surface area contributed by atoms with Crippen molar-refractivity contribution in [2.24, 2.45) is 5.92 Å². The maximum absolute atomic E-state index is 14.0. The summed E-state index contributed by atoms with van der Waals surface area (Å²) in [7, 11) is 0. The maximum Gasteiger partial charge on any atom is 0.256 e. The lowest BCUT2D eigenvalue weighted by Crippen LogP contribution is -2.54. The van der Waals surface area contributed by atoms with Gasteiger partial charge in [0.05, 0.1) is 5.56 Å². The minimum absolute atomic E-state index is 0.102. The topological polar surface area (TPSA) is 49.9 Å². The Morgan fingerprint density at radius 3 is 2.21 bits per heavy atom. The molecule has 152 valence electrons. The SMILES string of the molecule is O=C(c1ccc(F)cc1F)N1CCC(N(C(=O)C2CC2)C2CCOCC2)CC1. The van der Waals surface area contributed by atoms with E-state index in [1.165, 1.54) is 6.07 Å². The molecule has 2 amide bonds. The smallest absolute Gasteiger partial charge is 0.256 e. The van der Waals surface area contributed by atoms with Crippen LogP contribution >= 0.6 is 0 Å². The summed E-state index contributed by atoms with van der Waals surface area (Å²) < 4.78 is 32.5. The predicted octanol–water partition coefficient (Wildman–Crippen LogP) is 2.99. The molecule has 3 aliphatic rings. The number of rotatable bonds is 4. The first kappa shape index (κ1) is 19.3. The summed E-state index contributed by atoms with van der Waals surface area (Å²) in [4.78, 5) is 29.3. The molecular formula is C21H26F2N2O3. The van der Waals surface area contributed by atoms with Crippen molar-refractivity contribution in [3.63, 3.8) is 0 Å². The average molecular weight is 392 g/mol. The Kier molecular flexibility index (Phi) is 5.62. The van der Waals surface area contributed by atoms with E-state index in [2.05, 4.69) is 4.90 Å². The minimum Gasteiger partial charge on any atom is -0.381 e. The quantitative estimate of drug-likeness (QED) is 0.792. The lowest BCUT2D eigenvalue weighted by atomic mass is 9.96. The standard InChI is InChI=1S/C21H26F2N2O3/c22-15-3-4-18(19(23)13-15)21(27)24-9-5-16(6-10-24)25(20(26)14-1-2-14)17-7-11-28-12-8-17/h3-4,13-14,16-17H,1-2,5-12H2. The minimum atomic E-state index is -0.833. The van der Waals surface area contributed by atoms with Crippen LogP contribution < -0.4 is 0 Å². The van der Waals surface area contributed by atoms with Crippen LogP contribution in [0.15, 0.2) is 18.2 Å². The lowest BCUT2D eigenvalue weighted by molar-refractivity contribution is -0.141. The summed E-state index contributed by atoms with van der Waals surface area (Å²) in [6.45, 7) is 2.30. The zero-order valence-electron chi connectivity index (χ0n) is 15.9. The average Bonchev–Trinajstić information content (AvgIpc) is 3.54. The van der Waals surface area contributed by atoms with Gasteiger partial charge in [0.1, 0.15) is 11.6 Å². The van der Waals surface area contributed by atoms with Crippen LogP contribution in [0.4, 0.5) is 8.78 Å². The van der Waals surface area contributed by atoms with Crippen molar-refractivity contribution < 1.29 is 23.1 Å². The highest BCUT2D eigenvalue weighted by Crippen LogP contribution is 2.35. The van der Waals surface area contributed by atoms with Crippen molar-refractivity contribution in [1.82, 2.24) is 9.80 Å². The van der Waals surface area contributed by atoms with Gasteiger partial charge in [0.2, 0.25) is 5.91 Å². The van der Waals surface area contributed by atoms with Crippen molar-refractivity contribution in [3.8, 4) is 0 Å². The highest BCUT2D eigenvalue weighted by molar-refractivity contribution is 5.94. The molecule has 3 fully saturated rings. The van der Waals surface area contributed by atoms with Gasteiger partial charge in [0.25, 0.3) is 5.91 Å². The number of carbonyl (C=O) groups excluding carboxylic acids is 2. The van der Waals surface area contributed by atoms with Crippen molar-refractivity contribution in [2.45, 2.75) is 50.6 Å². The Morgan fingerprint density at radius 2 is 1.61 bits per heavy atom. The van der Waals surface area contributed by atoms with Crippen LogP contribution in [0.25, 0.3) is 0 Å². The summed E-state index contributed by atoms with van der Waals surface area (Å²) in [5, 5.41) is 0. The van der Waals surface area contributed by atoms with Gasteiger partial charge in [-0.3, -0.25) is 9.59 Å². The Bertz CT molecular complexity index is 739. The molecule has 1 aromatic rings. The Balaban J connectivity index is 1.42. The van der Waals surface area contributed by atoms with Crippen LogP contribution in [0.5, 0.6) is 0 Å². The van der Waals surface area contributed by atoms with Crippen LogP contribution in [-0.2, 0) is 9.53 Å². The fourth-order valence-electron chi connectivity index (χ4n) is 4.34. The Morgan fingerprint density at radius 1 is 0.964 bits per heavy atom. The second-order valence-electron chi connectivity index (χ2n) is 8.01. The molecule has 5 nitrogen and oxygen atoms in total. The molecule has 7 heteroatoms. The molecule has 4 rings (SSSR count).